The van der Waals surface area contributed by atoms with Crippen molar-refractivity contribution in [1.82, 2.24) is 5.32 Å². The lowest BCUT2D eigenvalue weighted by atomic mass is 9.55. The van der Waals surface area contributed by atoms with Crippen LogP contribution in [0.2, 0.25) is 0 Å². The number of benzene rings is 1. The molecule has 0 spiro atoms. The molecular weight excluding hydrogens is 222 g/mol. The number of ether oxygens (including phenoxy) is 1. The summed E-state index contributed by atoms with van der Waals surface area (Å²) in [4.78, 5) is 0. The second-order valence-electron chi connectivity index (χ2n) is 6.01. The summed E-state index contributed by atoms with van der Waals surface area (Å²) in [5, 5.41) is 3.57. The van der Waals surface area contributed by atoms with Crippen molar-refractivity contribution < 1.29 is 4.74 Å². The van der Waals surface area contributed by atoms with Crippen molar-refractivity contribution in [2.45, 2.75) is 49.5 Å². The molecule has 3 saturated carbocycles. The fraction of sp³-hybridized carbons (Fsp3) is 0.625. The summed E-state index contributed by atoms with van der Waals surface area (Å²) in [7, 11) is 3.92. The molecule has 3 aliphatic carbocycles. The second-order valence-corrected chi connectivity index (χ2v) is 6.01. The third kappa shape index (κ3) is 1.66. The van der Waals surface area contributed by atoms with Crippen LogP contribution in [-0.2, 0) is 5.41 Å². The van der Waals surface area contributed by atoms with E-state index in [-0.39, 0.29) is 0 Å². The van der Waals surface area contributed by atoms with Crippen LogP contribution in [0.5, 0.6) is 5.75 Å². The van der Waals surface area contributed by atoms with Crippen LogP contribution in [0.1, 0.15) is 44.1 Å². The van der Waals surface area contributed by atoms with Crippen LogP contribution < -0.4 is 10.1 Å². The van der Waals surface area contributed by atoms with Crippen molar-refractivity contribution in [3.8, 4) is 5.75 Å². The molecule has 98 valence electrons. The summed E-state index contributed by atoms with van der Waals surface area (Å²) < 4.78 is 5.58. The van der Waals surface area contributed by atoms with Crippen molar-refractivity contribution in [3.63, 3.8) is 0 Å². The Morgan fingerprint density at radius 3 is 2.17 bits per heavy atom. The molecule has 2 heteroatoms. The Kier molecular flexibility index (Phi) is 2.86. The highest BCUT2D eigenvalue weighted by atomic mass is 16.5. The Morgan fingerprint density at radius 1 is 1.00 bits per heavy atom. The molecule has 0 unspecified atom stereocenters. The van der Waals surface area contributed by atoms with Gasteiger partial charge in [-0.15, -0.1) is 0 Å². The third-order valence-corrected chi connectivity index (χ3v) is 5.45. The van der Waals surface area contributed by atoms with E-state index in [4.69, 9.17) is 4.74 Å². The Bertz CT molecular complexity index is 416. The molecule has 1 aromatic rings. The lowest BCUT2D eigenvalue weighted by Crippen LogP contribution is -2.55. The van der Waals surface area contributed by atoms with Gasteiger partial charge in [-0.3, -0.25) is 0 Å². The number of hydrogen-bond acceptors (Lipinski definition) is 2. The van der Waals surface area contributed by atoms with Crippen LogP contribution in [0, 0.1) is 0 Å². The Labute approximate surface area is 110 Å². The minimum absolute atomic E-state index is 0.380. The molecule has 0 heterocycles. The molecule has 0 aromatic heterocycles. The van der Waals surface area contributed by atoms with Gasteiger partial charge in [-0.05, 0) is 57.1 Å². The summed E-state index contributed by atoms with van der Waals surface area (Å²) in [6.45, 7) is 0. The molecule has 0 radical (unpaired) electrons. The molecule has 0 atom stereocenters. The van der Waals surface area contributed by atoms with Gasteiger partial charge in [0.2, 0.25) is 0 Å². The summed E-state index contributed by atoms with van der Waals surface area (Å²) in [6.07, 6.45) is 7.82. The smallest absolute Gasteiger partial charge is 0.122 e. The van der Waals surface area contributed by atoms with E-state index in [1.807, 2.05) is 0 Å². The lowest BCUT2D eigenvalue weighted by molar-refractivity contribution is 0.0817. The first kappa shape index (κ1) is 12.0. The van der Waals surface area contributed by atoms with Crippen molar-refractivity contribution in [1.29, 1.82) is 0 Å². The minimum Gasteiger partial charge on any atom is -0.496 e. The summed E-state index contributed by atoms with van der Waals surface area (Å²) in [5.41, 5.74) is 2.26. The van der Waals surface area contributed by atoms with Crippen LogP contribution in [0.4, 0.5) is 0 Å². The number of para-hydroxylation sites is 1. The van der Waals surface area contributed by atoms with Gasteiger partial charge in [0.25, 0.3) is 0 Å². The first-order chi connectivity index (χ1) is 8.74. The maximum Gasteiger partial charge on any atom is 0.122 e. The molecule has 1 aromatic carbocycles. The van der Waals surface area contributed by atoms with Gasteiger partial charge in [-0.1, -0.05) is 18.2 Å². The van der Waals surface area contributed by atoms with Crippen LogP contribution in [0.3, 0.4) is 0 Å². The Morgan fingerprint density at radius 2 is 1.61 bits per heavy atom. The van der Waals surface area contributed by atoms with Gasteiger partial charge >= 0.3 is 0 Å². The number of hydrogen-bond donors (Lipinski definition) is 1. The quantitative estimate of drug-likeness (QED) is 0.882. The predicted octanol–water partition coefficient (Wildman–Crippen LogP) is 3.26. The minimum atomic E-state index is 0.380. The van der Waals surface area contributed by atoms with Gasteiger partial charge in [0.15, 0.2) is 0 Å². The van der Waals surface area contributed by atoms with Crippen molar-refractivity contribution in [2.24, 2.45) is 0 Å². The Balaban J connectivity index is 1.94. The van der Waals surface area contributed by atoms with Gasteiger partial charge in [0.1, 0.15) is 5.75 Å². The molecular formula is C16H23NO. The molecule has 0 amide bonds. The average Bonchev–Trinajstić information content (AvgIpc) is 2.49. The Hall–Kier alpha value is -1.02. The maximum atomic E-state index is 5.58. The standard InChI is InChI=1S/C16H23NO/c1-17-16-10-7-15(8-11-16,9-12-16)13-5-3-4-6-14(13)18-2/h3-6,17H,7-12H2,1-2H3. The molecule has 3 fully saturated rings. The van der Waals surface area contributed by atoms with E-state index in [0.29, 0.717) is 11.0 Å². The summed E-state index contributed by atoms with van der Waals surface area (Å²) in [5.74, 6) is 1.08. The summed E-state index contributed by atoms with van der Waals surface area (Å²) in [6, 6.07) is 8.61. The van der Waals surface area contributed by atoms with E-state index in [9.17, 15) is 0 Å². The topological polar surface area (TPSA) is 21.3 Å². The van der Waals surface area contributed by atoms with Crippen LogP contribution in [0.25, 0.3) is 0 Å². The van der Waals surface area contributed by atoms with E-state index >= 15 is 0 Å². The van der Waals surface area contributed by atoms with E-state index in [1.165, 1.54) is 44.1 Å². The van der Waals surface area contributed by atoms with Gasteiger partial charge in [-0.25, -0.2) is 0 Å². The average molecular weight is 245 g/mol. The van der Waals surface area contributed by atoms with Crippen LogP contribution in [-0.4, -0.2) is 19.7 Å². The van der Waals surface area contributed by atoms with E-state index in [1.54, 1.807) is 7.11 Å². The van der Waals surface area contributed by atoms with Crippen LogP contribution >= 0.6 is 0 Å². The highest BCUT2D eigenvalue weighted by molar-refractivity contribution is 5.41. The van der Waals surface area contributed by atoms with Gasteiger partial charge < -0.3 is 10.1 Å². The highest BCUT2D eigenvalue weighted by Gasteiger charge is 2.49. The first-order valence-corrected chi connectivity index (χ1v) is 7.06. The molecule has 2 bridgehead atoms. The molecule has 0 aliphatic heterocycles. The van der Waals surface area contributed by atoms with Crippen LogP contribution in [0.15, 0.2) is 24.3 Å². The molecule has 0 saturated heterocycles. The zero-order chi connectivity index (χ0) is 12.6. The van der Waals surface area contributed by atoms with Gasteiger partial charge in [0.05, 0.1) is 7.11 Å². The third-order valence-electron chi connectivity index (χ3n) is 5.45. The van der Waals surface area contributed by atoms with E-state index < -0.39 is 0 Å². The number of rotatable bonds is 3. The molecule has 18 heavy (non-hydrogen) atoms. The fourth-order valence-corrected chi connectivity index (χ4v) is 4.05. The first-order valence-electron chi connectivity index (χ1n) is 7.06. The van der Waals surface area contributed by atoms with E-state index in [2.05, 4.69) is 36.6 Å². The summed E-state index contributed by atoms with van der Waals surface area (Å²) >= 11 is 0. The van der Waals surface area contributed by atoms with Gasteiger partial charge in [-0.2, -0.15) is 0 Å². The predicted molar refractivity (Wildman–Crippen MR) is 74.2 cm³/mol. The number of methoxy groups -OCH3 is 1. The van der Waals surface area contributed by atoms with E-state index in [0.717, 1.165) is 5.75 Å². The number of fused-ring (bicyclic) bond motifs is 3. The second kappa shape index (κ2) is 4.27. The normalized spacial score (nSPS) is 34.6. The molecule has 2 nitrogen and oxygen atoms in total. The fourth-order valence-electron chi connectivity index (χ4n) is 4.05. The highest BCUT2D eigenvalue weighted by Crippen LogP contribution is 2.55. The maximum absolute atomic E-state index is 5.58. The largest absolute Gasteiger partial charge is 0.496 e. The zero-order valence-electron chi connectivity index (χ0n) is 11.5. The van der Waals surface area contributed by atoms with Crippen molar-refractivity contribution in [3.05, 3.63) is 29.8 Å². The monoisotopic (exact) mass is 245 g/mol. The molecule has 1 N–H and O–H groups in total. The van der Waals surface area contributed by atoms with Gasteiger partial charge in [0, 0.05) is 11.1 Å². The lowest BCUT2D eigenvalue weighted by Gasteiger charge is -2.54. The SMILES string of the molecule is CNC12CCC(c3ccccc3OC)(CC1)CC2. The zero-order valence-corrected chi connectivity index (χ0v) is 11.5. The molecule has 3 aliphatic rings. The van der Waals surface area contributed by atoms with Crippen molar-refractivity contribution >= 4 is 0 Å². The number of nitrogens with one attached hydrogen (secondary N) is 1. The molecule has 4 rings (SSSR count). The van der Waals surface area contributed by atoms with Crippen molar-refractivity contribution in [2.75, 3.05) is 14.2 Å².